The van der Waals surface area contributed by atoms with Gasteiger partial charge in [0.05, 0.1) is 10.5 Å². The highest BCUT2D eigenvalue weighted by Gasteiger charge is 2.35. The van der Waals surface area contributed by atoms with Gasteiger partial charge in [-0.05, 0) is 18.2 Å². The molecule has 0 atom stereocenters. The van der Waals surface area contributed by atoms with Crippen LogP contribution in [0.2, 0.25) is 0 Å². The third-order valence-corrected chi connectivity index (χ3v) is 5.73. The SMILES string of the molecule is O=C1C(NS(=O)(=O)c2ccccc2)=C(c2cccnc2)C(=O)c2ccccc21. The molecule has 2 aromatic carbocycles. The Morgan fingerprint density at radius 2 is 1.39 bits per heavy atom. The summed E-state index contributed by atoms with van der Waals surface area (Å²) in [6, 6.07) is 17.2. The number of carbonyl (C=O) groups excluding carboxylic acids is 2. The highest BCUT2D eigenvalue weighted by atomic mass is 32.2. The number of ketones is 2. The van der Waals surface area contributed by atoms with E-state index in [2.05, 4.69) is 9.71 Å². The molecule has 1 N–H and O–H groups in total. The molecular formula is C21H14N2O4S. The highest BCUT2D eigenvalue weighted by Crippen LogP contribution is 2.31. The lowest BCUT2D eigenvalue weighted by Gasteiger charge is -2.22. The van der Waals surface area contributed by atoms with E-state index in [1.54, 1.807) is 48.5 Å². The van der Waals surface area contributed by atoms with Gasteiger partial charge in [-0.3, -0.25) is 19.3 Å². The topological polar surface area (TPSA) is 93.2 Å². The first-order chi connectivity index (χ1) is 13.5. The van der Waals surface area contributed by atoms with E-state index in [4.69, 9.17) is 0 Å². The molecule has 0 bridgehead atoms. The Labute approximate surface area is 161 Å². The van der Waals surface area contributed by atoms with E-state index in [-0.39, 0.29) is 27.3 Å². The number of benzene rings is 2. The van der Waals surface area contributed by atoms with Crippen LogP contribution < -0.4 is 4.72 Å². The normalized spacial score (nSPS) is 14.0. The average Bonchev–Trinajstić information content (AvgIpc) is 2.73. The number of sulfonamides is 1. The first-order valence-electron chi connectivity index (χ1n) is 8.40. The fourth-order valence-corrected chi connectivity index (χ4v) is 4.15. The van der Waals surface area contributed by atoms with Crippen LogP contribution >= 0.6 is 0 Å². The summed E-state index contributed by atoms with van der Waals surface area (Å²) in [6.07, 6.45) is 2.95. The van der Waals surface area contributed by atoms with Crippen LogP contribution in [0.15, 0.2) is 89.7 Å². The van der Waals surface area contributed by atoms with Gasteiger partial charge in [0.15, 0.2) is 5.78 Å². The summed E-state index contributed by atoms with van der Waals surface area (Å²) >= 11 is 0. The molecule has 138 valence electrons. The van der Waals surface area contributed by atoms with Crippen LogP contribution in [-0.2, 0) is 10.0 Å². The summed E-state index contributed by atoms with van der Waals surface area (Å²) in [5, 5.41) is 0. The van der Waals surface area contributed by atoms with Gasteiger partial charge in [-0.2, -0.15) is 0 Å². The van der Waals surface area contributed by atoms with E-state index >= 15 is 0 Å². The number of fused-ring (bicyclic) bond motifs is 1. The van der Waals surface area contributed by atoms with Gasteiger partial charge in [0, 0.05) is 29.1 Å². The predicted molar refractivity (Wildman–Crippen MR) is 103 cm³/mol. The van der Waals surface area contributed by atoms with Crippen molar-refractivity contribution < 1.29 is 18.0 Å². The molecule has 0 spiro atoms. The van der Waals surface area contributed by atoms with Crippen LogP contribution in [0.1, 0.15) is 26.3 Å². The minimum absolute atomic E-state index is 0.00727. The van der Waals surface area contributed by atoms with Gasteiger partial charge in [-0.15, -0.1) is 0 Å². The number of rotatable bonds is 4. The molecule has 1 aliphatic rings. The molecule has 1 aliphatic carbocycles. The Morgan fingerprint density at radius 1 is 0.750 bits per heavy atom. The lowest BCUT2D eigenvalue weighted by Crippen LogP contribution is -2.33. The van der Waals surface area contributed by atoms with Crippen molar-refractivity contribution >= 4 is 27.2 Å². The van der Waals surface area contributed by atoms with Crippen LogP contribution in [-0.4, -0.2) is 25.0 Å². The van der Waals surface area contributed by atoms with Gasteiger partial charge >= 0.3 is 0 Å². The summed E-state index contributed by atoms with van der Waals surface area (Å²) in [4.78, 5) is 30.2. The number of carbonyl (C=O) groups is 2. The van der Waals surface area contributed by atoms with Crippen molar-refractivity contribution in [2.45, 2.75) is 4.90 Å². The third kappa shape index (κ3) is 3.01. The Morgan fingerprint density at radius 3 is 2.04 bits per heavy atom. The highest BCUT2D eigenvalue weighted by molar-refractivity contribution is 7.89. The van der Waals surface area contributed by atoms with Crippen molar-refractivity contribution in [3.63, 3.8) is 0 Å². The lowest BCUT2D eigenvalue weighted by molar-refractivity contribution is 0.0988. The zero-order valence-corrected chi connectivity index (χ0v) is 15.3. The molecule has 0 saturated heterocycles. The van der Waals surface area contributed by atoms with E-state index in [1.807, 2.05) is 0 Å². The second-order valence-electron chi connectivity index (χ2n) is 6.11. The van der Waals surface area contributed by atoms with Gasteiger partial charge < -0.3 is 0 Å². The van der Waals surface area contributed by atoms with E-state index < -0.39 is 21.6 Å². The maximum absolute atomic E-state index is 13.1. The molecule has 7 heteroatoms. The van der Waals surface area contributed by atoms with Gasteiger partial charge in [0.2, 0.25) is 5.78 Å². The lowest BCUT2D eigenvalue weighted by atomic mass is 9.85. The summed E-state index contributed by atoms with van der Waals surface area (Å²) in [5.41, 5.74) is 0.456. The molecule has 1 heterocycles. The van der Waals surface area contributed by atoms with Crippen LogP contribution in [0.4, 0.5) is 0 Å². The van der Waals surface area contributed by atoms with E-state index in [1.165, 1.54) is 30.6 Å². The standard InChI is InChI=1S/C21H14N2O4S/c24-20-16-10-4-5-11-17(16)21(25)19(18(20)14-7-6-12-22-13-14)23-28(26,27)15-8-2-1-3-9-15/h1-13,23H. The smallest absolute Gasteiger partial charge is 0.262 e. The van der Waals surface area contributed by atoms with Gasteiger partial charge in [-0.25, -0.2) is 8.42 Å². The molecular weight excluding hydrogens is 376 g/mol. The number of aromatic nitrogens is 1. The number of pyridine rings is 1. The molecule has 0 amide bonds. The van der Waals surface area contributed by atoms with Crippen LogP contribution in [0.25, 0.3) is 5.57 Å². The Kier molecular flexibility index (Phi) is 4.37. The predicted octanol–water partition coefficient (Wildman–Crippen LogP) is 2.85. The van der Waals surface area contributed by atoms with E-state index in [0.717, 1.165) is 0 Å². The van der Waals surface area contributed by atoms with Crippen molar-refractivity contribution in [2.75, 3.05) is 0 Å². The number of hydrogen-bond donors (Lipinski definition) is 1. The largest absolute Gasteiger partial charge is 0.288 e. The summed E-state index contributed by atoms with van der Waals surface area (Å²) in [7, 11) is -4.06. The van der Waals surface area contributed by atoms with Crippen LogP contribution in [0.5, 0.6) is 0 Å². The van der Waals surface area contributed by atoms with Crippen LogP contribution in [0.3, 0.4) is 0 Å². The number of nitrogens with one attached hydrogen (secondary N) is 1. The first kappa shape index (κ1) is 17.8. The quantitative estimate of drug-likeness (QED) is 0.739. The molecule has 28 heavy (non-hydrogen) atoms. The zero-order chi connectivity index (χ0) is 19.7. The fourth-order valence-electron chi connectivity index (χ4n) is 3.05. The molecule has 6 nitrogen and oxygen atoms in total. The third-order valence-electron chi connectivity index (χ3n) is 4.36. The molecule has 0 aliphatic heterocycles. The Bertz CT molecular complexity index is 1220. The zero-order valence-electron chi connectivity index (χ0n) is 14.5. The molecule has 0 unspecified atom stereocenters. The van der Waals surface area contributed by atoms with Gasteiger partial charge in [0.25, 0.3) is 10.0 Å². The monoisotopic (exact) mass is 390 g/mol. The summed E-state index contributed by atoms with van der Waals surface area (Å²) in [6.45, 7) is 0. The Hall–Kier alpha value is -3.58. The molecule has 4 rings (SSSR count). The minimum atomic E-state index is -4.06. The van der Waals surface area contributed by atoms with Crippen molar-refractivity contribution in [3.8, 4) is 0 Å². The molecule has 3 aromatic rings. The summed E-state index contributed by atoms with van der Waals surface area (Å²) < 4.78 is 28.0. The fraction of sp³-hybridized carbons (Fsp3) is 0. The molecule has 0 radical (unpaired) electrons. The second kappa shape index (κ2) is 6.86. The number of nitrogens with zero attached hydrogens (tertiary/aromatic N) is 1. The first-order valence-corrected chi connectivity index (χ1v) is 9.88. The average molecular weight is 390 g/mol. The van der Waals surface area contributed by atoms with Crippen molar-refractivity contribution in [2.24, 2.45) is 0 Å². The number of allylic oxidation sites excluding steroid dienone is 2. The van der Waals surface area contributed by atoms with Gasteiger partial charge in [-0.1, -0.05) is 48.5 Å². The van der Waals surface area contributed by atoms with E-state index in [9.17, 15) is 18.0 Å². The maximum atomic E-state index is 13.1. The van der Waals surface area contributed by atoms with Gasteiger partial charge in [0.1, 0.15) is 5.70 Å². The molecule has 0 saturated carbocycles. The van der Waals surface area contributed by atoms with Crippen LogP contribution in [0, 0.1) is 0 Å². The Balaban J connectivity index is 1.92. The van der Waals surface area contributed by atoms with Crippen molar-refractivity contribution in [1.82, 2.24) is 9.71 Å². The number of hydrogen-bond acceptors (Lipinski definition) is 5. The molecule has 1 aromatic heterocycles. The maximum Gasteiger partial charge on any atom is 0.262 e. The summed E-state index contributed by atoms with van der Waals surface area (Å²) in [5.74, 6) is -0.998. The van der Waals surface area contributed by atoms with Crippen molar-refractivity contribution in [1.29, 1.82) is 0 Å². The number of Topliss-reactive ketones (excluding diaryl/α,β-unsaturated/α-hetero) is 2. The second-order valence-corrected chi connectivity index (χ2v) is 7.80. The van der Waals surface area contributed by atoms with Crippen molar-refractivity contribution in [3.05, 3.63) is 102 Å². The van der Waals surface area contributed by atoms with E-state index in [0.29, 0.717) is 5.56 Å². The minimum Gasteiger partial charge on any atom is -0.288 e. The molecule has 0 fully saturated rings.